The van der Waals surface area contributed by atoms with E-state index in [4.69, 9.17) is 11.6 Å². The molecular weight excluding hydrogens is 453 g/mol. The topological polar surface area (TPSA) is 69.7 Å². The lowest BCUT2D eigenvalue weighted by atomic mass is 10.1. The molecule has 1 aromatic heterocycles. The third-order valence-corrected chi connectivity index (χ3v) is 6.35. The Bertz CT molecular complexity index is 1160. The Morgan fingerprint density at radius 1 is 0.875 bits per heavy atom. The van der Waals surface area contributed by atoms with Crippen molar-refractivity contribution in [3.63, 3.8) is 0 Å². The van der Waals surface area contributed by atoms with Gasteiger partial charge in [-0.25, -0.2) is 4.39 Å². The fourth-order valence-corrected chi connectivity index (χ4v) is 4.35. The van der Waals surface area contributed by atoms with Crippen LogP contribution in [-0.2, 0) is 0 Å². The van der Waals surface area contributed by atoms with Crippen molar-refractivity contribution in [2.24, 2.45) is 0 Å². The number of carbonyl (C=O) groups excluding carboxylic acids is 3. The Morgan fingerprint density at radius 2 is 1.53 bits per heavy atom. The molecule has 2 heterocycles. The van der Waals surface area contributed by atoms with Gasteiger partial charge in [0.25, 0.3) is 17.7 Å². The molecule has 3 aromatic rings. The Labute approximate surface area is 193 Å². The van der Waals surface area contributed by atoms with Crippen molar-refractivity contribution < 1.29 is 18.8 Å². The standard InChI is InChI=1S/C23H19ClFN3O3S/c24-18-14-15(25)7-8-16(18)22(30)27-9-11-28(12-10-27)23(31)17-4-1-2-5-19(17)26-21(29)20-6-3-13-32-20/h1-8,13-14H,9-12H2,(H,26,29). The number of hydrogen-bond donors (Lipinski definition) is 1. The van der Waals surface area contributed by atoms with Crippen molar-refractivity contribution in [1.29, 1.82) is 0 Å². The summed E-state index contributed by atoms with van der Waals surface area (Å²) in [5, 5.41) is 4.68. The van der Waals surface area contributed by atoms with Crippen LogP contribution in [0.5, 0.6) is 0 Å². The predicted molar refractivity (Wildman–Crippen MR) is 122 cm³/mol. The summed E-state index contributed by atoms with van der Waals surface area (Å²) in [5.41, 5.74) is 1.06. The zero-order valence-corrected chi connectivity index (χ0v) is 18.5. The van der Waals surface area contributed by atoms with E-state index < -0.39 is 5.82 Å². The van der Waals surface area contributed by atoms with Gasteiger partial charge >= 0.3 is 0 Å². The monoisotopic (exact) mass is 471 g/mol. The van der Waals surface area contributed by atoms with E-state index in [0.717, 1.165) is 6.07 Å². The minimum Gasteiger partial charge on any atom is -0.335 e. The number of nitrogens with zero attached hydrogens (tertiary/aromatic N) is 2. The lowest BCUT2D eigenvalue weighted by molar-refractivity contribution is 0.0536. The number of amides is 3. The molecule has 0 bridgehead atoms. The van der Waals surface area contributed by atoms with Crippen molar-refractivity contribution in [2.45, 2.75) is 0 Å². The van der Waals surface area contributed by atoms with Gasteiger partial charge in [0, 0.05) is 26.2 Å². The number of rotatable bonds is 4. The van der Waals surface area contributed by atoms with Crippen LogP contribution in [0.25, 0.3) is 0 Å². The summed E-state index contributed by atoms with van der Waals surface area (Å²) >= 11 is 7.33. The SMILES string of the molecule is O=C(Nc1ccccc1C(=O)N1CCN(C(=O)c2ccc(F)cc2Cl)CC1)c1cccs1. The number of anilines is 1. The van der Waals surface area contributed by atoms with E-state index in [0.29, 0.717) is 42.3 Å². The third-order valence-electron chi connectivity index (χ3n) is 5.17. The van der Waals surface area contributed by atoms with Crippen molar-refractivity contribution in [2.75, 3.05) is 31.5 Å². The maximum atomic E-state index is 13.3. The molecule has 1 aliphatic rings. The van der Waals surface area contributed by atoms with Crippen molar-refractivity contribution in [3.05, 3.63) is 86.8 Å². The minimum atomic E-state index is -0.508. The third kappa shape index (κ3) is 4.66. The molecule has 1 fully saturated rings. The summed E-state index contributed by atoms with van der Waals surface area (Å²) in [4.78, 5) is 42.1. The molecule has 32 heavy (non-hydrogen) atoms. The van der Waals surface area contributed by atoms with Crippen LogP contribution in [0.1, 0.15) is 30.4 Å². The first kappa shape index (κ1) is 22.0. The van der Waals surface area contributed by atoms with Gasteiger partial charge in [0.05, 0.1) is 26.7 Å². The summed E-state index contributed by atoms with van der Waals surface area (Å²) in [6, 6.07) is 14.0. The van der Waals surface area contributed by atoms with Gasteiger partial charge in [0.2, 0.25) is 0 Å². The average Bonchev–Trinajstić information content (AvgIpc) is 3.34. The smallest absolute Gasteiger partial charge is 0.265 e. The number of carbonyl (C=O) groups is 3. The van der Waals surface area contributed by atoms with Crippen LogP contribution in [-0.4, -0.2) is 53.7 Å². The zero-order valence-electron chi connectivity index (χ0n) is 16.9. The Kier molecular flexibility index (Phi) is 6.53. The molecule has 6 nitrogen and oxygen atoms in total. The largest absolute Gasteiger partial charge is 0.335 e. The van der Waals surface area contributed by atoms with Crippen LogP contribution in [0.15, 0.2) is 60.0 Å². The Balaban J connectivity index is 1.43. The van der Waals surface area contributed by atoms with Gasteiger partial charge in [0.1, 0.15) is 5.82 Å². The molecule has 0 saturated carbocycles. The highest BCUT2D eigenvalue weighted by atomic mass is 35.5. The van der Waals surface area contributed by atoms with E-state index in [9.17, 15) is 18.8 Å². The van der Waals surface area contributed by atoms with Crippen LogP contribution >= 0.6 is 22.9 Å². The van der Waals surface area contributed by atoms with Crippen LogP contribution < -0.4 is 5.32 Å². The van der Waals surface area contributed by atoms with E-state index in [2.05, 4.69) is 5.32 Å². The molecule has 2 aromatic carbocycles. The second kappa shape index (κ2) is 9.50. The minimum absolute atomic E-state index is 0.0592. The number of piperazine rings is 1. The zero-order chi connectivity index (χ0) is 22.7. The van der Waals surface area contributed by atoms with Gasteiger partial charge in [0.15, 0.2) is 0 Å². The van der Waals surface area contributed by atoms with Crippen LogP contribution in [0.4, 0.5) is 10.1 Å². The quantitative estimate of drug-likeness (QED) is 0.613. The molecule has 3 amide bonds. The molecule has 9 heteroatoms. The molecule has 1 aliphatic heterocycles. The van der Waals surface area contributed by atoms with E-state index in [1.807, 2.05) is 5.38 Å². The number of nitrogens with one attached hydrogen (secondary N) is 1. The summed E-state index contributed by atoms with van der Waals surface area (Å²) in [6.45, 7) is 1.30. The van der Waals surface area contributed by atoms with Crippen molar-refractivity contribution >= 4 is 46.3 Å². The highest BCUT2D eigenvalue weighted by Crippen LogP contribution is 2.22. The van der Waals surface area contributed by atoms with Gasteiger partial charge in [-0.15, -0.1) is 11.3 Å². The normalized spacial score (nSPS) is 13.7. The molecule has 0 unspecified atom stereocenters. The van der Waals surface area contributed by atoms with Gasteiger partial charge in [-0.05, 0) is 41.8 Å². The van der Waals surface area contributed by atoms with E-state index in [1.54, 1.807) is 46.2 Å². The van der Waals surface area contributed by atoms with Crippen LogP contribution in [0, 0.1) is 5.82 Å². The van der Waals surface area contributed by atoms with E-state index in [-0.39, 0.29) is 28.3 Å². The summed E-state index contributed by atoms with van der Waals surface area (Å²) in [7, 11) is 0. The first-order chi connectivity index (χ1) is 15.4. The molecule has 4 rings (SSSR count). The Hall–Kier alpha value is -3.23. The molecular formula is C23H19ClFN3O3S. The number of thiophene rings is 1. The van der Waals surface area contributed by atoms with E-state index >= 15 is 0 Å². The predicted octanol–water partition coefficient (Wildman–Crippen LogP) is 4.39. The number of hydrogen-bond acceptors (Lipinski definition) is 4. The lowest BCUT2D eigenvalue weighted by Gasteiger charge is -2.35. The first-order valence-corrected chi connectivity index (χ1v) is 11.2. The summed E-state index contributed by atoms with van der Waals surface area (Å²) in [6.07, 6.45) is 0. The van der Waals surface area contributed by atoms with Crippen molar-refractivity contribution in [3.8, 4) is 0 Å². The number of halogens is 2. The van der Waals surface area contributed by atoms with Gasteiger partial charge < -0.3 is 15.1 Å². The summed E-state index contributed by atoms with van der Waals surface area (Å²) in [5.74, 6) is -1.30. The molecule has 0 atom stereocenters. The van der Waals surface area contributed by atoms with Gasteiger partial charge in [-0.2, -0.15) is 0 Å². The van der Waals surface area contributed by atoms with Crippen LogP contribution in [0.2, 0.25) is 5.02 Å². The van der Waals surface area contributed by atoms with Gasteiger partial charge in [-0.1, -0.05) is 29.8 Å². The molecule has 1 saturated heterocycles. The average molecular weight is 472 g/mol. The second-order valence-electron chi connectivity index (χ2n) is 7.19. The molecule has 0 spiro atoms. The van der Waals surface area contributed by atoms with Gasteiger partial charge in [-0.3, -0.25) is 14.4 Å². The fourth-order valence-electron chi connectivity index (χ4n) is 3.49. The highest BCUT2D eigenvalue weighted by molar-refractivity contribution is 7.12. The molecule has 0 aliphatic carbocycles. The van der Waals surface area contributed by atoms with Crippen LogP contribution in [0.3, 0.4) is 0 Å². The molecule has 0 radical (unpaired) electrons. The van der Waals surface area contributed by atoms with Crippen molar-refractivity contribution in [1.82, 2.24) is 9.80 Å². The maximum Gasteiger partial charge on any atom is 0.265 e. The first-order valence-electron chi connectivity index (χ1n) is 9.91. The molecule has 164 valence electrons. The second-order valence-corrected chi connectivity index (χ2v) is 8.54. The number of benzene rings is 2. The highest BCUT2D eigenvalue weighted by Gasteiger charge is 2.27. The maximum absolute atomic E-state index is 13.3. The lowest BCUT2D eigenvalue weighted by Crippen LogP contribution is -2.50. The Morgan fingerprint density at radius 3 is 2.16 bits per heavy atom. The molecule has 1 N–H and O–H groups in total. The van der Waals surface area contributed by atoms with E-state index in [1.165, 1.54) is 23.5 Å². The summed E-state index contributed by atoms with van der Waals surface area (Å²) < 4.78 is 13.3. The number of para-hydroxylation sites is 1. The fraction of sp³-hybridized carbons (Fsp3) is 0.174.